The second-order valence-corrected chi connectivity index (χ2v) is 5.53. The van der Waals surface area contributed by atoms with Crippen molar-refractivity contribution in [3.8, 4) is 0 Å². The van der Waals surface area contributed by atoms with E-state index in [9.17, 15) is 0 Å². The van der Waals surface area contributed by atoms with Gasteiger partial charge in [0.25, 0.3) is 0 Å². The smallest absolute Gasteiger partial charge is 0.0361 e. The molecule has 1 aromatic heterocycles. The highest BCUT2D eigenvalue weighted by atomic mass is 15.0. The number of aryl methyl sites for hydroxylation is 1. The molecule has 1 aliphatic rings. The van der Waals surface area contributed by atoms with Crippen LogP contribution in [0.25, 0.3) is 0 Å². The largest absolute Gasteiger partial charge is 0.353 e. The number of aromatic nitrogens is 1. The number of nitrogens with one attached hydrogen (secondary N) is 1. The summed E-state index contributed by atoms with van der Waals surface area (Å²) < 4.78 is 2.20. The standard InChI is InChI=1S/C15H26N2/c1-13(14-8-5-3-4-6-9-14)16-12-15-10-7-11-17(15)2/h7,10-11,13-14,16H,3-6,8-9,12H2,1-2H3/t13-/m0/s1. The molecule has 1 heterocycles. The van der Waals surface area contributed by atoms with Gasteiger partial charge in [0.2, 0.25) is 0 Å². The van der Waals surface area contributed by atoms with E-state index in [2.05, 4.69) is 42.2 Å². The van der Waals surface area contributed by atoms with Crippen LogP contribution in [0, 0.1) is 5.92 Å². The van der Waals surface area contributed by atoms with Gasteiger partial charge in [-0.1, -0.05) is 25.7 Å². The summed E-state index contributed by atoms with van der Waals surface area (Å²) in [5, 5.41) is 3.70. The Balaban J connectivity index is 1.80. The van der Waals surface area contributed by atoms with E-state index in [4.69, 9.17) is 0 Å². The summed E-state index contributed by atoms with van der Waals surface area (Å²) in [6.07, 6.45) is 10.7. The molecule has 0 amide bonds. The summed E-state index contributed by atoms with van der Waals surface area (Å²) >= 11 is 0. The van der Waals surface area contributed by atoms with Gasteiger partial charge in [-0.2, -0.15) is 0 Å². The lowest BCUT2D eigenvalue weighted by atomic mass is 9.93. The fourth-order valence-electron chi connectivity index (χ4n) is 2.92. The summed E-state index contributed by atoms with van der Waals surface area (Å²) in [5.74, 6) is 0.887. The van der Waals surface area contributed by atoms with E-state index in [0.29, 0.717) is 6.04 Å². The predicted molar refractivity (Wildman–Crippen MR) is 72.9 cm³/mol. The van der Waals surface area contributed by atoms with E-state index in [1.54, 1.807) is 0 Å². The molecular weight excluding hydrogens is 208 g/mol. The van der Waals surface area contributed by atoms with Gasteiger partial charge in [-0.05, 0) is 37.8 Å². The third kappa shape index (κ3) is 3.60. The lowest BCUT2D eigenvalue weighted by Crippen LogP contribution is -2.33. The van der Waals surface area contributed by atoms with Crippen molar-refractivity contribution in [3.05, 3.63) is 24.0 Å². The van der Waals surface area contributed by atoms with Crippen LogP contribution in [0.5, 0.6) is 0 Å². The minimum absolute atomic E-state index is 0.656. The first-order valence-electron chi connectivity index (χ1n) is 7.11. The average molecular weight is 234 g/mol. The number of rotatable bonds is 4. The lowest BCUT2D eigenvalue weighted by Gasteiger charge is -2.23. The molecule has 0 spiro atoms. The van der Waals surface area contributed by atoms with Crippen molar-refractivity contribution < 1.29 is 0 Å². The van der Waals surface area contributed by atoms with Crippen LogP contribution in [-0.4, -0.2) is 10.6 Å². The predicted octanol–water partition coefficient (Wildman–Crippen LogP) is 3.47. The molecule has 0 saturated heterocycles. The second kappa shape index (κ2) is 6.25. The van der Waals surface area contributed by atoms with E-state index < -0.39 is 0 Å². The van der Waals surface area contributed by atoms with Gasteiger partial charge in [0, 0.05) is 31.5 Å². The van der Waals surface area contributed by atoms with Crippen LogP contribution >= 0.6 is 0 Å². The van der Waals surface area contributed by atoms with Gasteiger partial charge >= 0.3 is 0 Å². The highest BCUT2D eigenvalue weighted by Crippen LogP contribution is 2.25. The molecule has 0 aliphatic heterocycles. The molecule has 1 saturated carbocycles. The maximum Gasteiger partial charge on any atom is 0.0361 e. The summed E-state index contributed by atoms with van der Waals surface area (Å²) in [7, 11) is 2.12. The van der Waals surface area contributed by atoms with Crippen LogP contribution in [0.2, 0.25) is 0 Å². The van der Waals surface area contributed by atoms with E-state index in [-0.39, 0.29) is 0 Å². The number of nitrogens with zero attached hydrogens (tertiary/aromatic N) is 1. The first-order chi connectivity index (χ1) is 8.27. The van der Waals surface area contributed by atoms with Crippen LogP contribution in [0.15, 0.2) is 18.3 Å². The molecule has 2 rings (SSSR count). The molecule has 1 atom stereocenters. The van der Waals surface area contributed by atoms with Gasteiger partial charge in [0.1, 0.15) is 0 Å². The summed E-state index contributed by atoms with van der Waals surface area (Å²) in [6.45, 7) is 3.36. The number of hydrogen-bond donors (Lipinski definition) is 1. The average Bonchev–Trinajstić information content (AvgIpc) is 2.58. The quantitative estimate of drug-likeness (QED) is 0.789. The van der Waals surface area contributed by atoms with Crippen molar-refractivity contribution in [1.82, 2.24) is 9.88 Å². The van der Waals surface area contributed by atoms with Gasteiger partial charge in [-0.25, -0.2) is 0 Å². The van der Waals surface area contributed by atoms with Gasteiger partial charge < -0.3 is 9.88 Å². The highest BCUT2D eigenvalue weighted by Gasteiger charge is 2.18. The third-order valence-electron chi connectivity index (χ3n) is 4.26. The molecule has 0 unspecified atom stereocenters. The minimum Gasteiger partial charge on any atom is -0.353 e. The van der Waals surface area contributed by atoms with E-state index in [1.165, 1.54) is 44.2 Å². The zero-order chi connectivity index (χ0) is 12.1. The topological polar surface area (TPSA) is 17.0 Å². The molecule has 2 nitrogen and oxygen atoms in total. The molecule has 1 N–H and O–H groups in total. The maximum atomic E-state index is 3.70. The monoisotopic (exact) mass is 234 g/mol. The first kappa shape index (κ1) is 12.7. The Morgan fingerprint density at radius 2 is 2.00 bits per heavy atom. The van der Waals surface area contributed by atoms with Crippen molar-refractivity contribution in [2.24, 2.45) is 13.0 Å². The SMILES string of the molecule is C[C@H](NCc1cccn1C)C1CCCCCC1. The Labute approximate surface area is 105 Å². The Morgan fingerprint density at radius 1 is 1.29 bits per heavy atom. The molecule has 2 heteroatoms. The zero-order valence-electron chi connectivity index (χ0n) is 11.3. The minimum atomic E-state index is 0.656. The van der Waals surface area contributed by atoms with E-state index >= 15 is 0 Å². The lowest BCUT2D eigenvalue weighted by molar-refractivity contribution is 0.334. The molecule has 17 heavy (non-hydrogen) atoms. The third-order valence-corrected chi connectivity index (χ3v) is 4.26. The van der Waals surface area contributed by atoms with Crippen LogP contribution in [0.3, 0.4) is 0 Å². The van der Waals surface area contributed by atoms with Crippen LogP contribution < -0.4 is 5.32 Å². The Kier molecular flexibility index (Phi) is 4.66. The Morgan fingerprint density at radius 3 is 2.59 bits per heavy atom. The van der Waals surface area contributed by atoms with Gasteiger partial charge in [0.15, 0.2) is 0 Å². The molecular formula is C15H26N2. The molecule has 1 aromatic rings. The summed E-state index contributed by atoms with van der Waals surface area (Å²) in [4.78, 5) is 0. The van der Waals surface area contributed by atoms with Crippen molar-refractivity contribution in [1.29, 1.82) is 0 Å². The van der Waals surface area contributed by atoms with Crippen molar-refractivity contribution >= 4 is 0 Å². The van der Waals surface area contributed by atoms with Gasteiger partial charge in [-0.15, -0.1) is 0 Å². The van der Waals surface area contributed by atoms with E-state index in [0.717, 1.165) is 12.5 Å². The zero-order valence-corrected chi connectivity index (χ0v) is 11.3. The Hall–Kier alpha value is -0.760. The van der Waals surface area contributed by atoms with Crippen LogP contribution in [0.1, 0.15) is 51.1 Å². The highest BCUT2D eigenvalue weighted by molar-refractivity contribution is 5.06. The fourth-order valence-corrected chi connectivity index (χ4v) is 2.92. The molecule has 0 aromatic carbocycles. The molecule has 1 aliphatic carbocycles. The normalized spacial score (nSPS) is 20.1. The maximum absolute atomic E-state index is 3.70. The van der Waals surface area contributed by atoms with Crippen LogP contribution in [-0.2, 0) is 13.6 Å². The van der Waals surface area contributed by atoms with Crippen molar-refractivity contribution in [2.75, 3.05) is 0 Å². The summed E-state index contributed by atoms with van der Waals surface area (Å²) in [6, 6.07) is 4.98. The summed E-state index contributed by atoms with van der Waals surface area (Å²) in [5.41, 5.74) is 1.38. The first-order valence-corrected chi connectivity index (χ1v) is 7.11. The fraction of sp³-hybridized carbons (Fsp3) is 0.733. The number of hydrogen-bond acceptors (Lipinski definition) is 1. The van der Waals surface area contributed by atoms with E-state index in [1.807, 2.05) is 0 Å². The van der Waals surface area contributed by atoms with Crippen molar-refractivity contribution in [2.45, 2.75) is 58.0 Å². The molecule has 1 fully saturated rings. The molecule has 96 valence electrons. The Bertz CT molecular complexity index is 321. The second-order valence-electron chi connectivity index (χ2n) is 5.53. The van der Waals surface area contributed by atoms with Crippen molar-refractivity contribution in [3.63, 3.8) is 0 Å². The van der Waals surface area contributed by atoms with Crippen LogP contribution in [0.4, 0.5) is 0 Å². The van der Waals surface area contributed by atoms with Gasteiger partial charge in [-0.3, -0.25) is 0 Å². The van der Waals surface area contributed by atoms with Gasteiger partial charge in [0.05, 0.1) is 0 Å². The molecule has 0 bridgehead atoms. The molecule has 0 radical (unpaired) electrons.